The van der Waals surface area contributed by atoms with Gasteiger partial charge in [-0.15, -0.1) is 0 Å². The van der Waals surface area contributed by atoms with Gasteiger partial charge in [0.15, 0.2) is 0 Å². The third-order valence-corrected chi connectivity index (χ3v) is 3.80. The second-order valence-corrected chi connectivity index (χ2v) is 5.82. The molecule has 17 heavy (non-hydrogen) atoms. The Labute approximate surface area is 114 Å². The molecule has 0 bridgehead atoms. The fourth-order valence-corrected chi connectivity index (χ4v) is 2.35. The Bertz CT molecular complexity index is 411. The van der Waals surface area contributed by atoms with Crippen LogP contribution < -0.4 is 10.1 Å². The summed E-state index contributed by atoms with van der Waals surface area (Å²) in [7, 11) is 0. The zero-order chi connectivity index (χ0) is 12.5. The summed E-state index contributed by atoms with van der Waals surface area (Å²) in [5, 5.41) is 14.0. The molecule has 1 saturated heterocycles. The molecule has 0 saturated carbocycles. The fraction of sp³-hybridized carbons (Fsp3) is 0.500. The van der Waals surface area contributed by atoms with Gasteiger partial charge >= 0.3 is 0 Å². The van der Waals surface area contributed by atoms with Crippen LogP contribution in [0.15, 0.2) is 22.7 Å². The topological polar surface area (TPSA) is 41.5 Å². The molecule has 1 heterocycles. The molecule has 94 valence electrons. The quantitative estimate of drug-likeness (QED) is 0.880. The first kappa shape index (κ1) is 13.1. The van der Waals surface area contributed by atoms with Crippen molar-refractivity contribution in [3.8, 4) is 5.75 Å². The van der Waals surface area contributed by atoms with Crippen molar-refractivity contribution in [2.45, 2.75) is 25.0 Å². The van der Waals surface area contributed by atoms with Crippen LogP contribution in [0, 0.1) is 0 Å². The first-order valence-electron chi connectivity index (χ1n) is 5.54. The zero-order valence-electron chi connectivity index (χ0n) is 9.54. The fourth-order valence-electron chi connectivity index (χ4n) is 1.84. The van der Waals surface area contributed by atoms with Gasteiger partial charge in [0.05, 0.1) is 5.02 Å². The van der Waals surface area contributed by atoms with Crippen molar-refractivity contribution >= 4 is 27.5 Å². The van der Waals surface area contributed by atoms with E-state index < -0.39 is 5.60 Å². The van der Waals surface area contributed by atoms with Gasteiger partial charge in [-0.05, 0) is 38.1 Å². The number of hydrogen-bond acceptors (Lipinski definition) is 3. The molecule has 0 aliphatic carbocycles. The van der Waals surface area contributed by atoms with E-state index in [1.807, 2.05) is 12.1 Å². The average Bonchev–Trinajstić information content (AvgIpc) is 2.26. The Morgan fingerprint density at radius 1 is 1.59 bits per heavy atom. The van der Waals surface area contributed by atoms with Gasteiger partial charge < -0.3 is 15.2 Å². The minimum Gasteiger partial charge on any atom is -0.484 e. The van der Waals surface area contributed by atoms with E-state index in [9.17, 15) is 5.11 Å². The van der Waals surface area contributed by atoms with Crippen molar-refractivity contribution in [3.63, 3.8) is 0 Å². The van der Waals surface area contributed by atoms with Crippen LogP contribution in [0.4, 0.5) is 0 Å². The van der Waals surface area contributed by atoms with Crippen LogP contribution in [-0.4, -0.2) is 29.9 Å². The minimum atomic E-state index is -0.823. The maximum atomic E-state index is 10.2. The summed E-state index contributed by atoms with van der Waals surface area (Å²) in [6.45, 7) is 3.22. The summed E-state index contributed by atoms with van der Waals surface area (Å²) in [5.74, 6) is 0.593. The molecule has 3 nitrogen and oxygen atoms in total. The van der Waals surface area contributed by atoms with Crippen molar-refractivity contribution in [1.29, 1.82) is 0 Å². The lowest BCUT2D eigenvalue weighted by atomic mass is 9.92. The van der Waals surface area contributed by atoms with E-state index in [-0.39, 0.29) is 6.10 Å². The van der Waals surface area contributed by atoms with E-state index in [2.05, 4.69) is 21.2 Å². The van der Waals surface area contributed by atoms with Crippen LogP contribution in [-0.2, 0) is 0 Å². The molecule has 5 heteroatoms. The van der Waals surface area contributed by atoms with Crippen LogP contribution in [0.2, 0.25) is 5.02 Å². The summed E-state index contributed by atoms with van der Waals surface area (Å²) in [6, 6.07) is 5.44. The van der Waals surface area contributed by atoms with Gasteiger partial charge in [0.2, 0.25) is 0 Å². The molecule has 1 aliphatic heterocycles. The highest BCUT2D eigenvalue weighted by atomic mass is 79.9. The lowest BCUT2D eigenvalue weighted by molar-refractivity contribution is -0.0657. The van der Waals surface area contributed by atoms with Gasteiger partial charge in [0, 0.05) is 11.0 Å². The first-order valence-corrected chi connectivity index (χ1v) is 6.71. The second kappa shape index (κ2) is 5.14. The summed E-state index contributed by atoms with van der Waals surface area (Å²) < 4.78 is 6.71. The third kappa shape index (κ3) is 3.13. The van der Waals surface area contributed by atoms with Crippen molar-refractivity contribution in [2.24, 2.45) is 0 Å². The van der Waals surface area contributed by atoms with Crippen molar-refractivity contribution in [1.82, 2.24) is 5.32 Å². The molecule has 2 rings (SSSR count). The van der Waals surface area contributed by atoms with Gasteiger partial charge in [0.25, 0.3) is 0 Å². The number of nitrogens with one attached hydrogen (secondary N) is 1. The maximum absolute atomic E-state index is 10.2. The second-order valence-electron chi connectivity index (χ2n) is 4.49. The molecule has 2 atom stereocenters. The molecule has 2 unspecified atom stereocenters. The zero-order valence-corrected chi connectivity index (χ0v) is 11.9. The first-order chi connectivity index (χ1) is 7.99. The third-order valence-electron chi connectivity index (χ3n) is 2.99. The highest BCUT2D eigenvalue weighted by Gasteiger charge is 2.36. The number of benzene rings is 1. The molecule has 0 radical (unpaired) electrons. The Kier molecular flexibility index (Phi) is 3.98. The van der Waals surface area contributed by atoms with Crippen LogP contribution in [0.3, 0.4) is 0 Å². The number of rotatable bonds is 2. The molecule has 1 aromatic rings. The number of piperidine rings is 1. The highest BCUT2D eigenvalue weighted by Crippen LogP contribution is 2.31. The summed E-state index contributed by atoms with van der Waals surface area (Å²) in [6.07, 6.45) is 0.381. The number of halogens is 2. The molecule has 2 N–H and O–H groups in total. The van der Waals surface area contributed by atoms with E-state index in [0.717, 1.165) is 11.0 Å². The largest absolute Gasteiger partial charge is 0.484 e. The van der Waals surface area contributed by atoms with E-state index in [1.54, 1.807) is 13.0 Å². The summed E-state index contributed by atoms with van der Waals surface area (Å²) in [4.78, 5) is 0. The lowest BCUT2D eigenvalue weighted by Gasteiger charge is -2.37. The molecule has 1 aromatic carbocycles. The van der Waals surface area contributed by atoms with Crippen LogP contribution in [0.25, 0.3) is 0 Å². The molecule has 1 aliphatic rings. The SMILES string of the molecule is CC1(O)CCNCC1Oc1cc(Br)ccc1Cl. The Morgan fingerprint density at radius 2 is 2.35 bits per heavy atom. The van der Waals surface area contributed by atoms with Crippen molar-refractivity contribution in [2.75, 3.05) is 13.1 Å². The van der Waals surface area contributed by atoms with Gasteiger partial charge in [-0.2, -0.15) is 0 Å². The predicted molar refractivity (Wildman–Crippen MR) is 71.7 cm³/mol. The van der Waals surface area contributed by atoms with E-state index in [0.29, 0.717) is 23.7 Å². The smallest absolute Gasteiger partial charge is 0.139 e. The van der Waals surface area contributed by atoms with E-state index in [4.69, 9.17) is 16.3 Å². The lowest BCUT2D eigenvalue weighted by Crippen LogP contribution is -2.55. The number of aliphatic hydroxyl groups is 1. The molecule has 0 amide bonds. The van der Waals surface area contributed by atoms with E-state index >= 15 is 0 Å². The Hall–Kier alpha value is -0.290. The monoisotopic (exact) mass is 319 g/mol. The minimum absolute atomic E-state index is 0.289. The van der Waals surface area contributed by atoms with Crippen molar-refractivity contribution < 1.29 is 9.84 Å². The Morgan fingerprint density at radius 3 is 3.06 bits per heavy atom. The van der Waals surface area contributed by atoms with Crippen molar-refractivity contribution in [3.05, 3.63) is 27.7 Å². The summed E-state index contributed by atoms with van der Waals surface area (Å²) in [5.41, 5.74) is -0.823. The maximum Gasteiger partial charge on any atom is 0.139 e. The normalized spacial score (nSPS) is 29.1. The molecule has 0 spiro atoms. The van der Waals surface area contributed by atoms with Gasteiger partial charge in [-0.1, -0.05) is 27.5 Å². The number of hydrogen-bond donors (Lipinski definition) is 2. The average molecular weight is 321 g/mol. The molecular formula is C12H15BrClNO2. The van der Waals surface area contributed by atoms with Gasteiger partial charge in [-0.3, -0.25) is 0 Å². The van der Waals surface area contributed by atoms with Gasteiger partial charge in [0.1, 0.15) is 17.5 Å². The van der Waals surface area contributed by atoms with Crippen LogP contribution in [0.1, 0.15) is 13.3 Å². The van der Waals surface area contributed by atoms with E-state index in [1.165, 1.54) is 0 Å². The molecular weight excluding hydrogens is 305 g/mol. The van der Waals surface area contributed by atoms with Gasteiger partial charge in [-0.25, -0.2) is 0 Å². The van der Waals surface area contributed by atoms with Crippen LogP contribution in [0.5, 0.6) is 5.75 Å². The standard InChI is InChI=1S/C12H15BrClNO2/c1-12(16)4-5-15-7-11(12)17-10-6-8(13)2-3-9(10)14/h2-3,6,11,15-16H,4-5,7H2,1H3. The Balaban J connectivity index is 2.16. The predicted octanol–water partition coefficient (Wildman–Crippen LogP) is 2.59. The van der Waals surface area contributed by atoms with Crippen LogP contribution >= 0.6 is 27.5 Å². The summed E-state index contributed by atoms with van der Waals surface area (Å²) >= 11 is 9.43. The number of ether oxygens (including phenoxy) is 1. The highest BCUT2D eigenvalue weighted by molar-refractivity contribution is 9.10. The molecule has 1 fully saturated rings. The molecule has 0 aromatic heterocycles.